The Hall–Kier alpha value is -1.98. The summed E-state index contributed by atoms with van der Waals surface area (Å²) in [4.78, 5) is 0. The lowest BCUT2D eigenvalue weighted by atomic mass is 9.80. The Morgan fingerprint density at radius 2 is 0.671 bits per heavy atom. The van der Waals surface area contributed by atoms with Crippen molar-refractivity contribution in [2.45, 2.75) is 191 Å². The van der Waals surface area contributed by atoms with E-state index in [1.54, 1.807) is 0 Å². The lowest BCUT2D eigenvalue weighted by Gasteiger charge is -2.51. The minimum absolute atomic E-state index is 0.291. The van der Waals surface area contributed by atoms with Crippen molar-refractivity contribution in [2.24, 2.45) is 5.92 Å². The molecule has 31 heteroatoms. The van der Waals surface area contributed by atoms with Gasteiger partial charge in [0.05, 0.1) is 51.4 Å². The first-order chi connectivity index (χ1) is 33.4. The van der Waals surface area contributed by atoms with Gasteiger partial charge in [0.15, 0.2) is 31.5 Å². The van der Waals surface area contributed by atoms with Gasteiger partial charge in [-0.2, -0.15) is 0 Å². The van der Waals surface area contributed by atoms with Crippen LogP contribution in [0.15, 0.2) is 12.4 Å². The molecule has 21 aliphatic heterocycles. The molecule has 23 rings (SSSR count). The molecule has 70 heavy (non-hydrogen) atoms. The van der Waals surface area contributed by atoms with Crippen LogP contribution in [-0.4, -0.2) is 313 Å². The number of nitrogens with zero attached hydrogens (tertiary/aromatic N) is 3. The molecule has 1 aromatic rings. The van der Waals surface area contributed by atoms with E-state index in [-0.39, 0.29) is 13.0 Å². The van der Waals surface area contributed by atoms with Gasteiger partial charge in [0.1, 0.15) is 134 Å². The summed E-state index contributed by atoms with van der Waals surface area (Å²) in [5.41, 5.74) is 0. The Morgan fingerprint density at radius 1 is 0.357 bits per heavy atom. The zero-order valence-corrected chi connectivity index (χ0v) is 36.9. The molecule has 17 N–H and O–H groups in total. The van der Waals surface area contributed by atoms with Gasteiger partial charge >= 0.3 is 0 Å². The van der Waals surface area contributed by atoms with Gasteiger partial charge in [0, 0.05) is 18.7 Å². The molecular formula is C39H63N3O28. The summed E-state index contributed by atoms with van der Waals surface area (Å²) in [7, 11) is 0. The van der Waals surface area contributed by atoms with Gasteiger partial charge in [-0.1, -0.05) is 5.21 Å². The first-order valence-corrected chi connectivity index (χ1v) is 22.7. The summed E-state index contributed by atoms with van der Waals surface area (Å²) >= 11 is 0. The molecule has 22 heterocycles. The van der Waals surface area contributed by atoms with Crippen molar-refractivity contribution < 1.29 is 139 Å². The lowest BCUT2D eigenvalue weighted by Crippen LogP contribution is -2.68. The van der Waals surface area contributed by atoms with Crippen LogP contribution < -0.4 is 0 Å². The number of aromatic nitrogens is 3. The van der Waals surface area contributed by atoms with Crippen molar-refractivity contribution in [3.05, 3.63) is 12.4 Å². The normalized spacial score (nSPS) is 52.9. The van der Waals surface area contributed by atoms with Crippen molar-refractivity contribution in [3.63, 3.8) is 0 Å². The van der Waals surface area contributed by atoms with E-state index in [0.29, 0.717) is 0 Å². The molecule has 1 aliphatic carbocycles. The third-order valence-electron chi connectivity index (χ3n) is 13.9. The van der Waals surface area contributed by atoms with Gasteiger partial charge in [-0.05, 0) is 6.42 Å². The van der Waals surface area contributed by atoms with E-state index in [1.807, 2.05) is 0 Å². The number of aliphatic hydroxyl groups is 17. The second-order valence-corrected chi connectivity index (χ2v) is 18.3. The standard InChI is InChI=1S/C39H63N3O28/c43-5-10-3-11-17(48)18(49)29(10)66-36-25(56)20(51)32(13(6-44)62-36)68-38-27(58)22(53)34(15(8-46)64-38)70-39-28(59)23(54)33(16(9-47)65-39)69-37-26(57)21(52)31(14(7-45)63-37)67-35-24(55)19(50)30(60-11)12(61-35)4-42-2-1-40-41-42/h1-2,10-39,43-59H,3-9H2. The molecule has 30 unspecified atom stereocenters. The highest BCUT2D eigenvalue weighted by Crippen LogP contribution is 2.39. The Bertz CT molecular complexity index is 1770. The Morgan fingerprint density at radius 3 is 0.986 bits per heavy atom. The molecule has 0 amide bonds. The van der Waals surface area contributed by atoms with Crippen LogP contribution in [0, 0.1) is 5.92 Å². The first kappa shape index (κ1) is 54.3. The third kappa shape index (κ3) is 10.5. The Balaban J connectivity index is 1.11. The summed E-state index contributed by atoms with van der Waals surface area (Å²) in [5, 5.41) is 196. The van der Waals surface area contributed by atoms with Crippen LogP contribution in [0.3, 0.4) is 0 Å². The predicted molar refractivity (Wildman–Crippen MR) is 212 cm³/mol. The van der Waals surface area contributed by atoms with Crippen molar-refractivity contribution in [3.8, 4) is 0 Å². The van der Waals surface area contributed by atoms with Crippen LogP contribution >= 0.6 is 0 Å². The molecule has 22 aliphatic rings. The van der Waals surface area contributed by atoms with Crippen molar-refractivity contribution >= 4 is 0 Å². The number of ether oxygens (including phenoxy) is 11. The molecule has 0 spiro atoms. The molecule has 0 radical (unpaired) electrons. The quantitative estimate of drug-likeness (QED) is 0.121. The minimum Gasteiger partial charge on any atom is -0.396 e. The summed E-state index contributed by atoms with van der Waals surface area (Å²) in [5.74, 6) is -1.16. The van der Waals surface area contributed by atoms with Gasteiger partial charge < -0.3 is 139 Å². The second kappa shape index (κ2) is 22.9. The molecule has 12 bridgehead atoms. The maximum Gasteiger partial charge on any atom is 0.187 e. The van der Waals surface area contributed by atoms with E-state index in [0.717, 1.165) is 0 Å². The van der Waals surface area contributed by atoms with Crippen LogP contribution in [0.2, 0.25) is 0 Å². The zero-order chi connectivity index (χ0) is 50.5. The van der Waals surface area contributed by atoms with Gasteiger partial charge in [0.2, 0.25) is 0 Å². The predicted octanol–water partition coefficient (Wildman–Crippen LogP) is -12.1. The fourth-order valence-corrected chi connectivity index (χ4v) is 9.93. The van der Waals surface area contributed by atoms with Gasteiger partial charge in [-0.25, -0.2) is 4.68 Å². The highest BCUT2D eigenvalue weighted by Gasteiger charge is 2.58. The average Bonchev–Trinajstić information content (AvgIpc) is 3.87. The number of aliphatic hydroxyl groups excluding tert-OH is 17. The molecule has 1 saturated carbocycles. The highest BCUT2D eigenvalue weighted by atomic mass is 16.8. The number of rotatable bonds is 7. The maximum atomic E-state index is 11.6. The monoisotopic (exact) mass is 1020 g/mol. The van der Waals surface area contributed by atoms with Crippen LogP contribution in [0.1, 0.15) is 6.42 Å². The zero-order valence-electron chi connectivity index (χ0n) is 36.9. The lowest BCUT2D eigenvalue weighted by molar-refractivity contribution is -0.396. The molecule has 22 fully saturated rings. The molecule has 1 aromatic heterocycles. The van der Waals surface area contributed by atoms with Crippen molar-refractivity contribution in [1.82, 2.24) is 15.0 Å². The SMILES string of the molecule is OCC1CC2OC3C(Cn4ccnn4)OC(OC4C(CO)OC(OC5C(CO)OC(OC6C(CO)OC(OC7C(CO)OC(OC1C(O)C2O)C(O)C7O)C(O)C6O)C(O)C5O)C(O)C4O)C(O)C3O. The van der Waals surface area contributed by atoms with Gasteiger partial charge in [-0.15, -0.1) is 5.10 Å². The number of hydrogen-bond donors (Lipinski definition) is 17. The summed E-state index contributed by atoms with van der Waals surface area (Å²) in [6, 6.07) is 0. The van der Waals surface area contributed by atoms with Gasteiger partial charge in [0.25, 0.3) is 0 Å². The van der Waals surface area contributed by atoms with Crippen molar-refractivity contribution in [2.75, 3.05) is 33.0 Å². The molecule has 0 aromatic carbocycles. The molecular weight excluding hydrogens is 958 g/mol. The third-order valence-corrected chi connectivity index (χ3v) is 13.9. The highest BCUT2D eigenvalue weighted by molar-refractivity contribution is 5.02. The summed E-state index contributed by atoms with van der Waals surface area (Å²) in [6.07, 6.45) is -52.0. The molecule has 21 saturated heterocycles. The fourth-order valence-electron chi connectivity index (χ4n) is 9.93. The van der Waals surface area contributed by atoms with Crippen LogP contribution in [0.4, 0.5) is 0 Å². The average molecular weight is 1020 g/mol. The maximum absolute atomic E-state index is 11.6. The van der Waals surface area contributed by atoms with Crippen LogP contribution in [-0.2, 0) is 58.7 Å². The number of hydrogen-bond acceptors (Lipinski definition) is 30. The fraction of sp³-hybridized carbons (Fsp3) is 0.949. The van der Waals surface area contributed by atoms with Crippen LogP contribution in [0.25, 0.3) is 0 Å². The van der Waals surface area contributed by atoms with Gasteiger partial charge in [-0.3, -0.25) is 0 Å². The topological polar surface area (TPSA) is 476 Å². The van der Waals surface area contributed by atoms with E-state index < -0.39 is 217 Å². The minimum atomic E-state index is -2.14. The van der Waals surface area contributed by atoms with Crippen LogP contribution in [0.5, 0.6) is 0 Å². The summed E-state index contributed by atoms with van der Waals surface area (Å²) < 4.78 is 65.3. The smallest absolute Gasteiger partial charge is 0.187 e. The Kier molecular flexibility index (Phi) is 17.7. The van der Waals surface area contributed by atoms with E-state index >= 15 is 0 Å². The largest absolute Gasteiger partial charge is 0.396 e. The van der Waals surface area contributed by atoms with E-state index in [9.17, 15) is 86.8 Å². The second-order valence-electron chi connectivity index (χ2n) is 18.3. The van der Waals surface area contributed by atoms with Crippen molar-refractivity contribution in [1.29, 1.82) is 0 Å². The molecule has 31 nitrogen and oxygen atoms in total. The summed E-state index contributed by atoms with van der Waals surface area (Å²) in [6.45, 7) is -4.96. The Labute approximate surface area is 395 Å². The first-order valence-electron chi connectivity index (χ1n) is 22.7. The van der Waals surface area contributed by atoms with E-state index in [1.165, 1.54) is 17.1 Å². The molecule has 30 atom stereocenters. The van der Waals surface area contributed by atoms with E-state index in [2.05, 4.69) is 10.3 Å². The molecule has 402 valence electrons. The van der Waals surface area contributed by atoms with E-state index in [4.69, 9.17) is 52.1 Å².